The first kappa shape index (κ1) is 18.2. The SMILES string of the molecule is CCC1(CC)CC(C(C)N2CCN(c3ccc(C)cc3)CC2)OC1=O. The molecule has 2 aliphatic heterocycles. The molecule has 2 unspecified atom stereocenters. The van der Waals surface area contributed by atoms with E-state index >= 15 is 0 Å². The zero-order valence-electron chi connectivity index (χ0n) is 16.1. The summed E-state index contributed by atoms with van der Waals surface area (Å²) in [6, 6.07) is 9.08. The molecule has 3 rings (SSSR count). The highest BCUT2D eigenvalue weighted by atomic mass is 16.6. The summed E-state index contributed by atoms with van der Waals surface area (Å²) in [4.78, 5) is 17.3. The number of piperazine rings is 1. The minimum atomic E-state index is -0.247. The Hall–Kier alpha value is -1.55. The van der Waals surface area contributed by atoms with Gasteiger partial charge in [-0.25, -0.2) is 0 Å². The predicted molar refractivity (Wildman–Crippen MR) is 102 cm³/mol. The molecule has 0 N–H and O–H groups in total. The molecule has 2 heterocycles. The van der Waals surface area contributed by atoms with E-state index in [2.05, 4.69) is 61.8 Å². The van der Waals surface area contributed by atoms with Crippen LogP contribution >= 0.6 is 0 Å². The molecule has 1 aromatic rings. The summed E-state index contributed by atoms with van der Waals surface area (Å²) >= 11 is 0. The van der Waals surface area contributed by atoms with Crippen molar-refractivity contribution in [2.75, 3.05) is 31.1 Å². The van der Waals surface area contributed by atoms with Crippen LogP contribution in [0, 0.1) is 12.3 Å². The summed E-state index contributed by atoms with van der Waals surface area (Å²) in [5.41, 5.74) is 2.36. The molecule has 0 spiro atoms. The van der Waals surface area contributed by atoms with Crippen LogP contribution in [0.1, 0.15) is 45.6 Å². The molecule has 2 aliphatic rings. The van der Waals surface area contributed by atoms with E-state index in [1.807, 2.05) is 0 Å². The third-order valence-electron chi connectivity index (χ3n) is 6.46. The van der Waals surface area contributed by atoms with Crippen molar-refractivity contribution in [1.29, 1.82) is 0 Å². The average molecular weight is 344 g/mol. The van der Waals surface area contributed by atoms with Crippen molar-refractivity contribution in [3.63, 3.8) is 0 Å². The lowest BCUT2D eigenvalue weighted by Crippen LogP contribution is -2.52. The van der Waals surface area contributed by atoms with E-state index in [4.69, 9.17) is 4.74 Å². The van der Waals surface area contributed by atoms with Gasteiger partial charge in [0.15, 0.2) is 0 Å². The van der Waals surface area contributed by atoms with Crippen molar-refractivity contribution in [1.82, 2.24) is 4.90 Å². The molecular weight excluding hydrogens is 312 g/mol. The quantitative estimate of drug-likeness (QED) is 0.764. The Kier molecular flexibility index (Phi) is 5.38. The number of ether oxygens (including phenoxy) is 1. The van der Waals surface area contributed by atoms with Gasteiger partial charge in [-0.05, 0) is 38.8 Å². The lowest BCUT2D eigenvalue weighted by atomic mass is 9.79. The normalized spacial score (nSPS) is 25.0. The zero-order valence-corrected chi connectivity index (χ0v) is 16.1. The van der Waals surface area contributed by atoms with Crippen LogP contribution in [0.4, 0.5) is 5.69 Å². The van der Waals surface area contributed by atoms with Crippen LogP contribution in [0.25, 0.3) is 0 Å². The second-order valence-corrected chi connectivity index (χ2v) is 7.73. The number of esters is 1. The number of benzene rings is 1. The third-order valence-corrected chi connectivity index (χ3v) is 6.46. The van der Waals surface area contributed by atoms with Gasteiger partial charge in [0.2, 0.25) is 0 Å². The molecule has 0 aliphatic carbocycles. The van der Waals surface area contributed by atoms with Gasteiger partial charge in [-0.15, -0.1) is 0 Å². The van der Waals surface area contributed by atoms with Crippen molar-refractivity contribution in [3.05, 3.63) is 29.8 Å². The maximum absolute atomic E-state index is 12.4. The fourth-order valence-electron chi connectivity index (χ4n) is 4.25. The van der Waals surface area contributed by atoms with Crippen LogP contribution in [-0.2, 0) is 9.53 Å². The molecule has 0 aromatic heterocycles. The Morgan fingerprint density at radius 3 is 2.24 bits per heavy atom. The Morgan fingerprint density at radius 1 is 1.12 bits per heavy atom. The Morgan fingerprint density at radius 2 is 1.72 bits per heavy atom. The van der Waals surface area contributed by atoms with Gasteiger partial charge in [-0.3, -0.25) is 9.69 Å². The van der Waals surface area contributed by atoms with Crippen LogP contribution < -0.4 is 4.90 Å². The Bertz CT molecular complexity index is 586. The number of carbonyl (C=O) groups is 1. The summed E-state index contributed by atoms with van der Waals surface area (Å²) in [6.45, 7) is 12.7. The maximum Gasteiger partial charge on any atom is 0.312 e. The first-order chi connectivity index (χ1) is 12.0. The largest absolute Gasteiger partial charge is 0.460 e. The highest BCUT2D eigenvalue weighted by molar-refractivity contribution is 5.79. The molecule has 25 heavy (non-hydrogen) atoms. The van der Waals surface area contributed by atoms with E-state index in [0.717, 1.165) is 45.4 Å². The number of hydrogen-bond donors (Lipinski definition) is 0. The van der Waals surface area contributed by atoms with E-state index in [1.165, 1.54) is 11.3 Å². The Labute approximate surface area is 152 Å². The molecular formula is C21H32N2O2. The zero-order chi connectivity index (χ0) is 18.0. The number of nitrogens with zero attached hydrogens (tertiary/aromatic N) is 2. The summed E-state index contributed by atoms with van der Waals surface area (Å²) in [5, 5.41) is 0. The smallest absolute Gasteiger partial charge is 0.312 e. The van der Waals surface area contributed by atoms with Crippen LogP contribution in [0.2, 0.25) is 0 Å². The van der Waals surface area contributed by atoms with Gasteiger partial charge in [0, 0.05) is 44.3 Å². The molecule has 0 amide bonds. The fourth-order valence-corrected chi connectivity index (χ4v) is 4.25. The highest BCUT2D eigenvalue weighted by Gasteiger charge is 2.48. The van der Waals surface area contributed by atoms with Crippen molar-refractivity contribution >= 4 is 11.7 Å². The van der Waals surface area contributed by atoms with Crippen LogP contribution in [0.15, 0.2) is 24.3 Å². The number of hydrogen-bond acceptors (Lipinski definition) is 4. The van der Waals surface area contributed by atoms with Crippen molar-refractivity contribution in [3.8, 4) is 0 Å². The second-order valence-electron chi connectivity index (χ2n) is 7.73. The highest BCUT2D eigenvalue weighted by Crippen LogP contribution is 2.41. The van der Waals surface area contributed by atoms with Gasteiger partial charge >= 0.3 is 5.97 Å². The topological polar surface area (TPSA) is 32.8 Å². The summed E-state index contributed by atoms with van der Waals surface area (Å²) in [7, 11) is 0. The number of aryl methyl sites for hydroxylation is 1. The number of carbonyl (C=O) groups excluding carboxylic acids is 1. The summed E-state index contributed by atoms with van der Waals surface area (Å²) < 4.78 is 5.80. The molecule has 2 saturated heterocycles. The van der Waals surface area contributed by atoms with Gasteiger partial charge in [-0.1, -0.05) is 31.5 Å². The van der Waals surface area contributed by atoms with Gasteiger partial charge in [0.05, 0.1) is 5.41 Å². The van der Waals surface area contributed by atoms with Gasteiger partial charge in [-0.2, -0.15) is 0 Å². The maximum atomic E-state index is 12.4. The van der Waals surface area contributed by atoms with Gasteiger partial charge in [0.1, 0.15) is 6.10 Å². The minimum absolute atomic E-state index is 0.0210. The molecule has 138 valence electrons. The van der Waals surface area contributed by atoms with E-state index < -0.39 is 0 Å². The minimum Gasteiger partial charge on any atom is -0.460 e. The lowest BCUT2D eigenvalue weighted by molar-refractivity contribution is -0.150. The van der Waals surface area contributed by atoms with E-state index in [-0.39, 0.29) is 17.5 Å². The average Bonchev–Trinajstić information content (AvgIpc) is 2.99. The number of anilines is 1. The van der Waals surface area contributed by atoms with Crippen LogP contribution in [0.5, 0.6) is 0 Å². The molecule has 2 atom stereocenters. The predicted octanol–water partition coefficient (Wildman–Crippen LogP) is 3.63. The molecule has 4 nitrogen and oxygen atoms in total. The molecule has 0 bridgehead atoms. The molecule has 1 aromatic carbocycles. The van der Waals surface area contributed by atoms with Crippen LogP contribution in [0.3, 0.4) is 0 Å². The van der Waals surface area contributed by atoms with Crippen molar-refractivity contribution < 1.29 is 9.53 Å². The third kappa shape index (κ3) is 3.55. The first-order valence-electron chi connectivity index (χ1n) is 9.76. The van der Waals surface area contributed by atoms with Gasteiger partial charge < -0.3 is 9.64 Å². The number of rotatable bonds is 5. The van der Waals surface area contributed by atoms with Gasteiger partial charge in [0.25, 0.3) is 0 Å². The molecule has 0 radical (unpaired) electrons. The summed E-state index contributed by atoms with van der Waals surface area (Å²) in [5.74, 6) is 0.0210. The van der Waals surface area contributed by atoms with Crippen LogP contribution in [-0.4, -0.2) is 49.2 Å². The molecule has 4 heteroatoms. The first-order valence-corrected chi connectivity index (χ1v) is 9.76. The Balaban J connectivity index is 1.58. The van der Waals surface area contributed by atoms with Crippen molar-refractivity contribution in [2.45, 2.75) is 59.1 Å². The monoisotopic (exact) mass is 344 g/mol. The standard InChI is InChI=1S/C21H32N2O2/c1-5-21(6-2)15-19(25-20(21)24)17(4)22-11-13-23(14-12-22)18-9-7-16(3)8-10-18/h7-10,17,19H,5-6,11-15H2,1-4H3. The summed E-state index contributed by atoms with van der Waals surface area (Å²) in [6.07, 6.45) is 2.68. The van der Waals surface area contributed by atoms with E-state index in [9.17, 15) is 4.79 Å². The molecule has 0 saturated carbocycles. The molecule has 2 fully saturated rings. The second kappa shape index (κ2) is 7.36. The van der Waals surface area contributed by atoms with E-state index in [0.29, 0.717) is 6.04 Å². The lowest BCUT2D eigenvalue weighted by Gasteiger charge is -2.40. The van der Waals surface area contributed by atoms with E-state index in [1.54, 1.807) is 0 Å². The number of cyclic esters (lactones) is 1. The fraction of sp³-hybridized carbons (Fsp3) is 0.667. The van der Waals surface area contributed by atoms with Crippen molar-refractivity contribution in [2.24, 2.45) is 5.41 Å².